The molecule has 1 aromatic carbocycles. The third kappa shape index (κ3) is 1.81. The molecule has 0 bridgehead atoms. The number of halogens is 1. The van der Waals surface area contributed by atoms with E-state index in [2.05, 4.69) is 4.99 Å². The number of hydroxylamine groups is 4. The first-order valence-corrected chi connectivity index (χ1v) is 7.11. The van der Waals surface area contributed by atoms with Crippen LogP contribution >= 0.6 is 11.6 Å². The van der Waals surface area contributed by atoms with Gasteiger partial charge in [-0.25, -0.2) is 10.1 Å². The fourth-order valence-corrected chi connectivity index (χ4v) is 2.66. The standard InChI is InChI=1S/C15H17ClN3O2/c1-14(2)15(3,4)19(21)13(18(14)20)12-7-9-5-6-10(16)8-11(9)17-12/h5-8,20H,1-4H3/b13-12+. The van der Waals surface area contributed by atoms with Gasteiger partial charge in [0.2, 0.25) is 0 Å². The molecule has 2 aliphatic rings. The summed E-state index contributed by atoms with van der Waals surface area (Å²) in [6.45, 7) is 7.25. The van der Waals surface area contributed by atoms with E-state index in [9.17, 15) is 10.4 Å². The quantitative estimate of drug-likeness (QED) is 0.795. The highest BCUT2D eigenvalue weighted by molar-refractivity contribution is 6.30. The topological polar surface area (TPSA) is 59.0 Å². The van der Waals surface area contributed by atoms with Crippen LogP contribution in [0.4, 0.5) is 0 Å². The van der Waals surface area contributed by atoms with Gasteiger partial charge >= 0.3 is 0 Å². The van der Waals surface area contributed by atoms with Gasteiger partial charge in [0.15, 0.2) is 5.82 Å². The molecule has 1 saturated heterocycles. The Hall–Kier alpha value is -1.56. The van der Waals surface area contributed by atoms with Crippen molar-refractivity contribution in [3.63, 3.8) is 0 Å². The zero-order valence-electron chi connectivity index (χ0n) is 12.4. The number of nitrogens with zero attached hydrogens (tertiary/aromatic N) is 3. The van der Waals surface area contributed by atoms with Crippen LogP contribution in [-0.4, -0.2) is 26.4 Å². The van der Waals surface area contributed by atoms with E-state index < -0.39 is 11.1 Å². The Bertz CT molecular complexity index is 746. The zero-order chi connectivity index (χ0) is 15.6. The van der Waals surface area contributed by atoms with E-state index in [1.54, 1.807) is 32.1 Å². The molecule has 0 spiro atoms. The summed E-state index contributed by atoms with van der Waals surface area (Å²) in [7, 11) is 0. The molecule has 5 nitrogen and oxygen atoms in total. The first kappa shape index (κ1) is 14.4. The van der Waals surface area contributed by atoms with Crippen molar-refractivity contribution in [2.24, 2.45) is 4.99 Å². The first-order chi connectivity index (χ1) is 9.66. The zero-order valence-corrected chi connectivity index (χ0v) is 13.1. The van der Waals surface area contributed by atoms with Crippen molar-refractivity contribution < 1.29 is 10.4 Å². The van der Waals surface area contributed by atoms with Crippen molar-refractivity contribution in [2.45, 2.75) is 38.8 Å². The van der Waals surface area contributed by atoms with Gasteiger partial charge in [-0.1, -0.05) is 22.9 Å². The van der Waals surface area contributed by atoms with Crippen LogP contribution in [0.5, 0.6) is 0 Å². The van der Waals surface area contributed by atoms with Crippen molar-refractivity contribution in [1.29, 1.82) is 0 Å². The molecular formula is C15H17ClN3O2. The molecule has 0 atom stereocenters. The van der Waals surface area contributed by atoms with Crippen LogP contribution in [-0.2, 0) is 5.21 Å². The normalized spacial score (nSPS) is 25.7. The molecule has 0 saturated carbocycles. The number of hydrogen-bond donors (Lipinski definition) is 1. The third-order valence-electron chi connectivity index (χ3n) is 4.68. The second-order valence-electron chi connectivity index (χ2n) is 6.39. The molecule has 1 N–H and O–H groups in total. The van der Waals surface area contributed by atoms with Crippen molar-refractivity contribution in [1.82, 2.24) is 10.1 Å². The Morgan fingerprint density at radius 3 is 2.43 bits per heavy atom. The average Bonchev–Trinajstić information content (AvgIpc) is 2.84. The van der Waals surface area contributed by atoms with E-state index in [1.165, 1.54) is 0 Å². The lowest BCUT2D eigenvalue weighted by atomic mass is 9.84. The summed E-state index contributed by atoms with van der Waals surface area (Å²) in [6, 6.07) is 5.36. The molecule has 111 valence electrons. The molecule has 0 aliphatic carbocycles. The fourth-order valence-electron chi connectivity index (χ4n) is 2.50. The summed E-state index contributed by atoms with van der Waals surface area (Å²) in [4.78, 5) is 4.42. The molecule has 1 aromatic rings. The van der Waals surface area contributed by atoms with E-state index in [4.69, 9.17) is 11.6 Å². The highest BCUT2D eigenvalue weighted by atomic mass is 35.5. The van der Waals surface area contributed by atoms with Gasteiger partial charge in [-0.3, -0.25) is 5.21 Å². The molecule has 21 heavy (non-hydrogen) atoms. The van der Waals surface area contributed by atoms with E-state index in [0.717, 1.165) is 15.3 Å². The monoisotopic (exact) mass is 306 g/mol. The summed E-state index contributed by atoms with van der Waals surface area (Å²) in [5.74, 6) is 0.164. The van der Waals surface area contributed by atoms with Crippen LogP contribution < -0.4 is 10.6 Å². The first-order valence-electron chi connectivity index (χ1n) is 6.73. The average molecular weight is 307 g/mol. The van der Waals surface area contributed by atoms with E-state index in [1.807, 2.05) is 19.9 Å². The molecule has 0 aromatic heterocycles. The van der Waals surface area contributed by atoms with Gasteiger partial charge in [0.25, 0.3) is 0 Å². The molecule has 0 amide bonds. The molecule has 0 unspecified atom stereocenters. The molecule has 1 fully saturated rings. The lowest BCUT2D eigenvalue weighted by Crippen LogP contribution is -2.52. The van der Waals surface area contributed by atoms with Crippen LogP contribution in [0.25, 0.3) is 6.08 Å². The van der Waals surface area contributed by atoms with Gasteiger partial charge in [0, 0.05) is 10.2 Å². The summed E-state index contributed by atoms with van der Waals surface area (Å²) in [6.07, 6.45) is 1.78. The smallest absolute Gasteiger partial charge is 0.183 e. The van der Waals surface area contributed by atoms with Crippen molar-refractivity contribution >= 4 is 17.7 Å². The van der Waals surface area contributed by atoms with E-state index in [0.29, 0.717) is 16.1 Å². The minimum Gasteiger partial charge on any atom is -0.286 e. The number of fused-ring (bicyclic) bond motifs is 1. The van der Waals surface area contributed by atoms with Gasteiger partial charge in [-0.15, -0.1) is 0 Å². The summed E-state index contributed by atoms with van der Waals surface area (Å²) in [5.41, 5.74) is -1.06. The van der Waals surface area contributed by atoms with Gasteiger partial charge in [-0.2, -0.15) is 5.06 Å². The van der Waals surface area contributed by atoms with Gasteiger partial charge in [0.1, 0.15) is 5.70 Å². The molecular weight excluding hydrogens is 290 g/mol. The number of rotatable bonds is 0. The predicted octanol–water partition coefficient (Wildman–Crippen LogP) is 1.83. The summed E-state index contributed by atoms with van der Waals surface area (Å²) < 4.78 is 0. The van der Waals surface area contributed by atoms with Crippen LogP contribution in [0.15, 0.2) is 34.7 Å². The second-order valence-corrected chi connectivity index (χ2v) is 6.83. The van der Waals surface area contributed by atoms with Crippen LogP contribution in [0.1, 0.15) is 27.7 Å². The fraction of sp³-hybridized carbons (Fsp3) is 0.400. The Morgan fingerprint density at radius 1 is 1.19 bits per heavy atom. The number of allylic oxidation sites excluding steroid dienone is 1. The second kappa shape index (κ2) is 4.22. The van der Waals surface area contributed by atoms with Crippen LogP contribution in [0.3, 0.4) is 0 Å². The predicted molar refractivity (Wildman–Crippen MR) is 78.0 cm³/mol. The highest BCUT2D eigenvalue weighted by Crippen LogP contribution is 2.44. The Labute approximate surface area is 128 Å². The van der Waals surface area contributed by atoms with Crippen molar-refractivity contribution in [2.75, 3.05) is 0 Å². The molecule has 1 radical (unpaired) electrons. The number of hydrogen-bond acceptors (Lipinski definition) is 4. The van der Waals surface area contributed by atoms with E-state index in [-0.39, 0.29) is 5.82 Å². The summed E-state index contributed by atoms with van der Waals surface area (Å²) in [5, 5.41) is 27.1. The lowest BCUT2D eigenvalue weighted by molar-refractivity contribution is -0.181. The van der Waals surface area contributed by atoms with Gasteiger partial charge in [0.05, 0.1) is 16.4 Å². The van der Waals surface area contributed by atoms with Gasteiger partial charge in [-0.05, 0) is 45.9 Å². The minimum absolute atomic E-state index is 0.164. The van der Waals surface area contributed by atoms with Crippen molar-refractivity contribution in [3.8, 4) is 0 Å². The third-order valence-corrected chi connectivity index (χ3v) is 4.92. The highest BCUT2D eigenvalue weighted by Gasteiger charge is 2.57. The summed E-state index contributed by atoms with van der Waals surface area (Å²) >= 11 is 5.96. The van der Waals surface area contributed by atoms with Crippen LogP contribution in [0.2, 0.25) is 5.02 Å². The molecule has 2 aliphatic heterocycles. The minimum atomic E-state index is -0.778. The Morgan fingerprint density at radius 2 is 1.86 bits per heavy atom. The molecule has 2 heterocycles. The maximum absolute atomic E-state index is 12.6. The SMILES string of the molecule is CC1(C)N([O])/C(=C2\C=c3ccc(Cl)cc3=N2)N(O)C1(C)C. The maximum Gasteiger partial charge on any atom is 0.183 e. The molecule has 3 rings (SSSR count). The van der Waals surface area contributed by atoms with E-state index >= 15 is 0 Å². The van der Waals surface area contributed by atoms with Crippen molar-refractivity contribution in [3.05, 3.63) is 45.3 Å². The maximum atomic E-state index is 12.6. The van der Waals surface area contributed by atoms with Gasteiger partial charge < -0.3 is 0 Å². The molecule has 6 heteroatoms. The number of benzene rings is 1. The Kier molecular flexibility index (Phi) is 2.89. The van der Waals surface area contributed by atoms with Crippen LogP contribution in [0, 0.1) is 0 Å². The lowest BCUT2D eigenvalue weighted by Gasteiger charge is -2.36. The largest absolute Gasteiger partial charge is 0.286 e. The Balaban J connectivity index is 2.22.